The molecule has 39 heavy (non-hydrogen) atoms. The van der Waals surface area contributed by atoms with Gasteiger partial charge in [-0.15, -0.1) is 6.58 Å². The van der Waals surface area contributed by atoms with Crippen LogP contribution in [0.2, 0.25) is 0 Å². The maximum absolute atomic E-state index is 13.4. The van der Waals surface area contributed by atoms with E-state index in [0.29, 0.717) is 40.3 Å². The molecule has 196 valence electrons. The van der Waals surface area contributed by atoms with E-state index in [9.17, 15) is 19.6 Å². The zero-order valence-corrected chi connectivity index (χ0v) is 21.9. The van der Waals surface area contributed by atoms with E-state index >= 15 is 0 Å². The molecule has 0 bridgehead atoms. The quantitative estimate of drug-likeness (QED) is 0.249. The minimum Gasteiger partial charge on any atom is -0.493 e. The fourth-order valence-electron chi connectivity index (χ4n) is 4.22. The summed E-state index contributed by atoms with van der Waals surface area (Å²) >= 11 is 0. The summed E-state index contributed by atoms with van der Waals surface area (Å²) in [5.74, 6) is -0.688. The van der Waals surface area contributed by atoms with Gasteiger partial charge in [-0.25, -0.2) is 9.69 Å². The predicted molar refractivity (Wildman–Crippen MR) is 147 cm³/mol. The van der Waals surface area contributed by atoms with Crippen LogP contribution in [0.3, 0.4) is 0 Å². The summed E-state index contributed by atoms with van der Waals surface area (Å²) < 4.78 is 11.7. The summed E-state index contributed by atoms with van der Waals surface area (Å²) in [4.78, 5) is 39.7. The van der Waals surface area contributed by atoms with Crippen molar-refractivity contribution in [2.75, 3.05) is 12.0 Å². The molecule has 8 nitrogen and oxygen atoms in total. The van der Waals surface area contributed by atoms with Crippen LogP contribution in [-0.2, 0) is 22.6 Å². The lowest BCUT2D eigenvalue weighted by Crippen LogP contribution is -2.54. The van der Waals surface area contributed by atoms with Gasteiger partial charge in [0.05, 0.1) is 24.4 Å². The average Bonchev–Trinajstić information content (AvgIpc) is 2.92. The fourth-order valence-corrected chi connectivity index (χ4v) is 4.22. The standard InChI is InChI=1S/C31H27N3O5/c1-5-8-22-14-21(16-27(38-4)28(22)39-18-24-10-7-6-9-23(24)17-32)15-26-29(35)33-31(37)34(30(26)36)25-12-11-19(2)20(3)13-25/h5-7,9-16H,1,8,18H2,2-4H3,(H,33,35,37)/b26-15+. The number of anilines is 1. The molecule has 8 heteroatoms. The molecule has 1 aliphatic heterocycles. The number of benzene rings is 3. The number of barbiturate groups is 1. The van der Waals surface area contributed by atoms with Crippen molar-refractivity contribution in [3.63, 3.8) is 0 Å². The zero-order chi connectivity index (χ0) is 28.1. The number of hydrogen-bond acceptors (Lipinski definition) is 6. The van der Waals surface area contributed by atoms with Crippen LogP contribution < -0.4 is 19.7 Å². The second-order valence-corrected chi connectivity index (χ2v) is 8.99. The number of allylic oxidation sites excluding steroid dienone is 1. The van der Waals surface area contributed by atoms with E-state index in [1.54, 1.807) is 42.5 Å². The molecule has 0 atom stereocenters. The second kappa shape index (κ2) is 11.5. The smallest absolute Gasteiger partial charge is 0.335 e. The SMILES string of the molecule is C=CCc1cc(/C=C2\C(=O)NC(=O)N(c3ccc(C)c(C)c3)C2=O)cc(OC)c1OCc1ccccc1C#N. The van der Waals surface area contributed by atoms with Crippen LogP contribution in [-0.4, -0.2) is 25.0 Å². The van der Waals surface area contributed by atoms with E-state index in [4.69, 9.17) is 9.47 Å². The number of nitrogens with zero attached hydrogens (tertiary/aromatic N) is 2. The lowest BCUT2D eigenvalue weighted by atomic mass is 10.0. The molecule has 0 spiro atoms. The van der Waals surface area contributed by atoms with Gasteiger partial charge in [0, 0.05) is 11.1 Å². The number of urea groups is 1. The van der Waals surface area contributed by atoms with Gasteiger partial charge in [0.2, 0.25) is 0 Å². The minimum absolute atomic E-state index is 0.138. The number of nitrogens with one attached hydrogen (secondary N) is 1. The molecule has 3 aromatic carbocycles. The lowest BCUT2D eigenvalue weighted by Gasteiger charge is -2.27. The average molecular weight is 522 g/mol. The van der Waals surface area contributed by atoms with Crippen LogP contribution >= 0.6 is 0 Å². The Hall–Kier alpha value is -5.16. The molecule has 0 saturated carbocycles. The molecule has 0 unspecified atom stereocenters. The summed E-state index contributed by atoms with van der Waals surface area (Å²) in [6, 6.07) is 17.1. The van der Waals surface area contributed by atoms with Gasteiger partial charge in [-0.1, -0.05) is 30.3 Å². The summed E-state index contributed by atoms with van der Waals surface area (Å²) in [6.45, 7) is 7.76. The number of ether oxygens (including phenoxy) is 2. The molecule has 1 fully saturated rings. The number of hydrogen-bond donors (Lipinski definition) is 1. The van der Waals surface area contributed by atoms with Crippen LogP contribution in [0, 0.1) is 25.2 Å². The third-order valence-corrected chi connectivity index (χ3v) is 6.41. The van der Waals surface area contributed by atoms with Gasteiger partial charge in [0.25, 0.3) is 11.8 Å². The van der Waals surface area contributed by atoms with Crippen LogP contribution in [0.15, 0.2) is 72.8 Å². The molecule has 1 aliphatic rings. The van der Waals surface area contributed by atoms with E-state index < -0.39 is 17.8 Å². The largest absolute Gasteiger partial charge is 0.493 e. The molecule has 1 heterocycles. The first-order valence-corrected chi connectivity index (χ1v) is 12.2. The molecular formula is C31H27N3O5. The third kappa shape index (κ3) is 5.58. The topological polar surface area (TPSA) is 109 Å². The van der Waals surface area contributed by atoms with Crippen molar-refractivity contribution in [2.24, 2.45) is 0 Å². The molecule has 4 amide bonds. The number of rotatable bonds is 8. The molecule has 1 N–H and O–H groups in total. The molecule has 0 radical (unpaired) electrons. The Kier molecular flexibility index (Phi) is 7.92. The first-order valence-electron chi connectivity index (χ1n) is 12.2. The maximum Gasteiger partial charge on any atom is 0.335 e. The highest BCUT2D eigenvalue weighted by atomic mass is 16.5. The van der Waals surface area contributed by atoms with Gasteiger partial charge in [-0.2, -0.15) is 5.26 Å². The highest BCUT2D eigenvalue weighted by molar-refractivity contribution is 6.39. The Labute approximate surface area is 226 Å². The van der Waals surface area contributed by atoms with Crippen molar-refractivity contribution >= 4 is 29.6 Å². The van der Waals surface area contributed by atoms with Crippen molar-refractivity contribution in [1.29, 1.82) is 5.26 Å². The Balaban J connectivity index is 1.71. The van der Waals surface area contributed by atoms with Gasteiger partial charge in [0.1, 0.15) is 12.2 Å². The predicted octanol–water partition coefficient (Wildman–Crippen LogP) is 5.16. The van der Waals surface area contributed by atoms with Crippen LogP contribution in [0.5, 0.6) is 11.5 Å². The highest BCUT2D eigenvalue weighted by Crippen LogP contribution is 2.35. The molecule has 4 rings (SSSR count). The summed E-state index contributed by atoms with van der Waals surface area (Å²) in [5.41, 5.74) is 4.52. The fraction of sp³-hybridized carbons (Fsp3) is 0.161. The number of carbonyl (C=O) groups is 3. The Morgan fingerprint density at radius 1 is 1.03 bits per heavy atom. The van der Waals surface area contributed by atoms with Crippen molar-refractivity contribution in [3.05, 3.63) is 106 Å². The van der Waals surface area contributed by atoms with E-state index in [0.717, 1.165) is 21.6 Å². The van der Waals surface area contributed by atoms with E-state index in [2.05, 4.69) is 18.0 Å². The minimum atomic E-state index is -0.809. The Bertz CT molecular complexity index is 1560. The van der Waals surface area contributed by atoms with Crippen molar-refractivity contribution in [1.82, 2.24) is 5.32 Å². The van der Waals surface area contributed by atoms with Gasteiger partial charge in [-0.05, 0) is 73.4 Å². The van der Waals surface area contributed by atoms with Crippen LogP contribution in [0.1, 0.15) is 33.4 Å². The Morgan fingerprint density at radius 3 is 2.49 bits per heavy atom. The summed E-state index contributed by atoms with van der Waals surface area (Å²) in [6.07, 6.45) is 3.53. The first kappa shape index (κ1) is 26.9. The molecule has 3 aromatic rings. The maximum atomic E-state index is 13.4. The van der Waals surface area contributed by atoms with Gasteiger partial charge in [-0.3, -0.25) is 14.9 Å². The number of carbonyl (C=O) groups excluding carboxylic acids is 3. The summed E-state index contributed by atoms with van der Waals surface area (Å²) in [7, 11) is 1.48. The van der Waals surface area contributed by atoms with Crippen molar-refractivity contribution < 1.29 is 23.9 Å². The molecule has 0 aliphatic carbocycles. The van der Waals surface area contributed by atoms with Crippen LogP contribution in [0.4, 0.5) is 10.5 Å². The normalized spacial score (nSPS) is 14.2. The summed E-state index contributed by atoms with van der Waals surface area (Å²) in [5, 5.41) is 11.6. The Morgan fingerprint density at radius 2 is 1.79 bits per heavy atom. The van der Waals surface area contributed by atoms with Crippen LogP contribution in [0.25, 0.3) is 6.08 Å². The lowest BCUT2D eigenvalue weighted by molar-refractivity contribution is -0.122. The molecule has 1 saturated heterocycles. The highest BCUT2D eigenvalue weighted by Gasteiger charge is 2.37. The zero-order valence-electron chi connectivity index (χ0n) is 21.9. The van der Waals surface area contributed by atoms with Crippen molar-refractivity contribution in [2.45, 2.75) is 26.9 Å². The van der Waals surface area contributed by atoms with E-state index in [1.807, 2.05) is 32.0 Å². The van der Waals surface area contributed by atoms with Gasteiger partial charge < -0.3 is 9.47 Å². The van der Waals surface area contributed by atoms with E-state index in [-0.39, 0.29) is 12.2 Å². The number of amides is 4. The number of aryl methyl sites for hydroxylation is 2. The van der Waals surface area contributed by atoms with Gasteiger partial charge >= 0.3 is 6.03 Å². The first-order chi connectivity index (χ1) is 18.8. The number of imide groups is 2. The second-order valence-electron chi connectivity index (χ2n) is 8.99. The van der Waals surface area contributed by atoms with E-state index in [1.165, 1.54) is 13.2 Å². The number of nitriles is 1. The third-order valence-electron chi connectivity index (χ3n) is 6.41. The molecular weight excluding hydrogens is 494 g/mol. The van der Waals surface area contributed by atoms with Crippen molar-refractivity contribution in [3.8, 4) is 17.6 Å². The monoisotopic (exact) mass is 521 g/mol. The number of methoxy groups -OCH3 is 1. The molecule has 0 aromatic heterocycles. The van der Waals surface area contributed by atoms with Gasteiger partial charge in [0.15, 0.2) is 11.5 Å².